The summed E-state index contributed by atoms with van der Waals surface area (Å²) in [7, 11) is 0. The van der Waals surface area contributed by atoms with Crippen molar-refractivity contribution in [3.05, 3.63) is 29.1 Å². The maximum Gasteiger partial charge on any atom is 0.132 e. The van der Waals surface area contributed by atoms with Crippen molar-refractivity contribution in [3.63, 3.8) is 0 Å². The Hall–Kier alpha value is -1.85. The summed E-state index contributed by atoms with van der Waals surface area (Å²) in [6.07, 6.45) is 2.26. The first kappa shape index (κ1) is 18.5. The molecule has 0 amide bonds. The Labute approximate surface area is 166 Å². The molecule has 2 N–H and O–H groups in total. The van der Waals surface area contributed by atoms with Gasteiger partial charge in [-0.3, -0.25) is 4.90 Å². The first-order chi connectivity index (χ1) is 12.9. The van der Waals surface area contributed by atoms with Crippen molar-refractivity contribution < 1.29 is 0 Å². The molecule has 0 radical (unpaired) electrons. The minimum absolute atomic E-state index is 0.243. The number of hydrogen-bond donors (Lipinski definition) is 1. The molecule has 0 spiro atoms. The molecule has 1 saturated heterocycles. The molecule has 0 bridgehead atoms. The van der Waals surface area contributed by atoms with E-state index < -0.39 is 0 Å². The van der Waals surface area contributed by atoms with Crippen molar-refractivity contribution in [1.82, 2.24) is 9.88 Å². The van der Waals surface area contributed by atoms with Crippen molar-refractivity contribution in [1.29, 1.82) is 0 Å². The number of anilines is 2. The number of thiophene rings is 1. The van der Waals surface area contributed by atoms with Crippen LogP contribution in [0.1, 0.15) is 39.0 Å². The molecule has 27 heavy (non-hydrogen) atoms. The minimum Gasteiger partial charge on any atom is -0.383 e. The molecule has 0 unspecified atom stereocenters. The fourth-order valence-corrected chi connectivity index (χ4v) is 5.33. The number of nitrogens with zero attached hydrogens (tertiary/aromatic N) is 3. The predicted molar refractivity (Wildman–Crippen MR) is 119 cm³/mol. The smallest absolute Gasteiger partial charge is 0.132 e. The van der Waals surface area contributed by atoms with Gasteiger partial charge in [0.2, 0.25) is 0 Å². The van der Waals surface area contributed by atoms with Gasteiger partial charge in [-0.05, 0) is 51.5 Å². The molecule has 2 aromatic heterocycles. The lowest BCUT2D eigenvalue weighted by Crippen LogP contribution is -2.53. The average molecular weight is 383 g/mol. The quantitative estimate of drug-likeness (QED) is 0.699. The highest BCUT2D eigenvalue weighted by Crippen LogP contribution is 2.36. The van der Waals surface area contributed by atoms with E-state index in [1.54, 1.807) is 0 Å². The van der Waals surface area contributed by atoms with E-state index in [9.17, 15) is 0 Å². The normalized spacial score (nSPS) is 16.5. The molecule has 1 fully saturated rings. The van der Waals surface area contributed by atoms with Gasteiger partial charge in [-0.15, -0.1) is 11.3 Å². The number of piperazine rings is 1. The molecule has 0 atom stereocenters. The highest BCUT2D eigenvalue weighted by atomic mass is 32.1. The monoisotopic (exact) mass is 382 g/mol. The second-order valence-electron chi connectivity index (χ2n) is 8.55. The predicted octanol–water partition coefficient (Wildman–Crippen LogP) is 4.90. The Morgan fingerprint density at radius 2 is 1.81 bits per heavy atom. The SMILES string of the molecule is CCCc1cc2c(N)nc3cc(N4CCN(C(C)(C)C)CC4)ccc3c2s1. The largest absolute Gasteiger partial charge is 0.383 e. The van der Waals surface area contributed by atoms with E-state index in [-0.39, 0.29) is 5.54 Å². The maximum absolute atomic E-state index is 6.30. The van der Waals surface area contributed by atoms with Crippen LogP contribution in [0.25, 0.3) is 21.0 Å². The number of rotatable bonds is 3. The van der Waals surface area contributed by atoms with Crippen LogP contribution in [-0.2, 0) is 6.42 Å². The lowest BCUT2D eigenvalue weighted by atomic mass is 10.0. The molecule has 3 aromatic rings. The molecule has 0 saturated carbocycles. The van der Waals surface area contributed by atoms with Crippen molar-refractivity contribution in [3.8, 4) is 0 Å². The number of nitrogens with two attached hydrogens (primary N) is 1. The number of aromatic nitrogens is 1. The zero-order chi connectivity index (χ0) is 19.2. The first-order valence-corrected chi connectivity index (χ1v) is 10.8. The van der Waals surface area contributed by atoms with Crippen molar-refractivity contribution >= 4 is 43.8 Å². The van der Waals surface area contributed by atoms with Crippen molar-refractivity contribution in [2.75, 3.05) is 36.8 Å². The molecular weight excluding hydrogens is 352 g/mol. The molecule has 144 valence electrons. The summed E-state index contributed by atoms with van der Waals surface area (Å²) < 4.78 is 1.28. The fourth-order valence-electron chi connectivity index (χ4n) is 4.03. The number of benzene rings is 1. The third-order valence-electron chi connectivity index (χ3n) is 5.62. The average Bonchev–Trinajstić information content (AvgIpc) is 3.06. The van der Waals surface area contributed by atoms with Gasteiger partial charge in [-0.1, -0.05) is 13.3 Å². The molecule has 1 aliphatic rings. The summed E-state index contributed by atoms with van der Waals surface area (Å²) in [4.78, 5) is 11.2. The number of fused-ring (bicyclic) bond motifs is 3. The van der Waals surface area contributed by atoms with Crippen LogP contribution in [0.5, 0.6) is 0 Å². The van der Waals surface area contributed by atoms with Gasteiger partial charge in [-0.2, -0.15) is 0 Å². The van der Waals surface area contributed by atoms with Gasteiger partial charge in [0.15, 0.2) is 0 Å². The van der Waals surface area contributed by atoms with Crippen LogP contribution in [0, 0.1) is 0 Å². The summed E-state index contributed by atoms with van der Waals surface area (Å²) in [5, 5.41) is 2.34. The third kappa shape index (κ3) is 3.50. The Morgan fingerprint density at radius 3 is 2.48 bits per heavy atom. The first-order valence-electron chi connectivity index (χ1n) is 9.98. The van der Waals surface area contributed by atoms with Crippen LogP contribution in [0.15, 0.2) is 24.3 Å². The fraction of sp³-hybridized carbons (Fsp3) is 0.500. The minimum atomic E-state index is 0.243. The van der Waals surface area contributed by atoms with Crippen molar-refractivity contribution in [2.45, 2.75) is 46.1 Å². The Morgan fingerprint density at radius 1 is 1.07 bits per heavy atom. The highest BCUT2D eigenvalue weighted by molar-refractivity contribution is 7.20. The van der Waals surface area contributed by atoms with E-state index in [0.717, 1.165) is 49.9 Å². The summed E-state index contributed by atoms with van der Waals surface area (Å²) >= 11 is 1.87. The Bertz CT molecular complexity index is 962. The molecule has 0 aliphatic carbocycles. The molecule has 1 aromatic carbocycles. The van der Waals surface area contributed by atoms with Gasteiger partial charge in [-0.25, -0.2) is 4.98 Å². The topological polar surface area (TPSA) is 45.4 Å². The number of pyridine rings is 1. The second-order valence-corrected chi connectivity index (χ2v) is 9.69. The van der Waals surface area contributed by atoms with Gasteiger partial charge >= 0.3 is 0 Å². The van der Waals surface area contributed by atoms with E-state index in [1.165, 1.54) is 20.7 Å². The number of nitrogen functional groups attached to an aromatic ring is 1. The highest BCUT2D eigenvalue weighted by Gasteiger charge is 2.26. The van der Waals surface area contributed by atoms with Crippen LogP contribution in [0.4, 0.5) is 11.5 Å². The van der Waals surface area contributed by atoms with Gasteiger partial charge in [0.1, 0.15) is 5.82 Å². The van der Waals surface area contributed by atoms with Crippen LogP contribution in [-0.4, -0.2) is 41.6 Å². The Balaban J connectivity index is 1.66. The second kappa shape index (κ2) is 6.95. The lowest BCUT2D eigenvalue weighted by Gasteiger charge is -2.43. The zero-order valence-electron chi connectivity index (χ0n) is 16.9. The van der Waals surface area contributed by atoms with Crippen molar-refractivity contribution in [2.24, 2.45) is 0 Å². The van der Waals surface area contributed by atoms with Crippen LogP contribution >= 0.6 is 11.3 Å². The summed E-state index contributed by atoms with van der Waals surface area (Å²) in [6.45, 7) is 13.4. The van der Waals surface area contributed by atoms with Crippen LogP contribution in [0.3, 0.4) is 0 Å². The van der Waals surface area contributed by atoms with E-state index in [0.29, 0.717) is 5.82 Å². The van der Waals surface area contributed by atoms with E-state index in [1.807, 2.05) is 11.3 Å². The van der Waals surface area contributed by atoms with Crippen LogP contribution in [0.2, 0.25) is 0 Å². The standard InChI is InChI=1S/C22H30N4S/c1-5-6-16-14-18-20(27-16)17-8-7-15(13-19(17)24-21(18)23)25-9-11-26(12-10-25)22(2,3)4/h7-8,13-14H,5-6,9-12H2,1-4H3,(H2,23,24). The van der Waals surface area contributed by atoms with E-state index in [2.05, 4.69) is 61.8 Å². The molecule has 1 aliphatic heterocycles. The summed E-state index contributed by atoms with van der Waals surface area (Å²) in [5.41, 5.74) is 8.82. The molecular formula is C22H30N4S. The molecule has 5 heteroatoms. The lowest BCUT2D eigenvalue weighted by molar-refractivity contribution is 0.128. The van der Waals surface area contributed by atoms with Crippen LogP contribution < -0.4 is 10.6 Å². The van der Waals surface area contributed by atoms with Gasteiger partial charge in [0.25, 0.3) is 0 Å². The summed E-state index contributed by atoms with van der Waals surface area (Å²) in [5.74, 6) is 0.658. The third-order valence-corrected chi connectivity index (χ3v) is 6.84. The van der Waals surface area contributed by atoms with E-state index in [4.69, 9.17) is 10.7 Å². The van der Waals surface area contributed by atoms with E-state index >= 15 is 0 Å². The molecule has 4 rings (SSSR count). The number of hydrogen-bond acceptors (Lipinski definition) is 5. The number of aryl methyl sites for hydroxylation is 1. The summed E-state index contributed by atoms with van der Waals surface area (Å²) in [6, 6.07) is 8.94. The maximum atomic E-state index is 6.30. The van der Waals surface area contributed by atoms with Gasteiger partial charge in [0, 0.05) is 57.8 Å². The molecule has 3 heterocycles. The van der Waals surface area contributed by atoms with Gasteiger partial charge < -0.3 is 10.6 Å². The zero-order valence-corrected chi connectivity index (χ0v) is 17.7. The molecule has 4 nitrogen and oxygen atoms in total. The van der Waals surface area contributed by atoms with Gasteiger partial charge in [0.05, 0.1) is 5.52 Å². The Kier molecular flexibility index (Phi) is 4.77.